The van der Waals surface area contributed by atoms with Crippen molar-refractivity contribution in [2.24, 2.45) is 0 Å². The van der Waals surface area contributed by atoms with Crippen LogP contribution in [0.1, 0.15) is 22.2 Å². The molecule has 1 aromatic rings. The molecule has 1 heterocycles. The normalized spacial score (nSPS) is 11.4. The fourth-order valence-electron chi connectivity index (χ4n) is 0.986. The Morgan fingerprint density at radius 3 is 2.36 bits per heavy atom. The maximum Gasteiger partial charge on any atom is 0.255 e. The lowest BCUT2D eigenvalue weighted by Gasteiger charge is -2.10. The van der Waals surface area contributed by atoms with E-state index < -0.39 is 9.58 Å². The maximum absolute atomic E-state index is 11.5. The molecule has 0 amide bonds. The third-order valence-electron chi connectivity index (χ3n) is 1.58. The second-order valence-electron chi connectivity index (χ2n) is 2.61. The summed E-state index contributed by atoms with van der Waals surface area (Å²) < 4.78 is -0.907. The third kappa shape index (κ3) is 2.29. The zero-order valence-electron chi connectivity index (χ0n) is 7.13. The topological polar surface area (TPSA) is 39.1 Å². The number of halogens is 3. The molecule has 0 N–H and O–H groups in total. The first kappa shape index (κ1) is 11.6. The number of nitrogens with zero attached hydrogens (tertiary/aromatic N) is 1. The van der Waals surface area contributed by atoms with Crippen LogP contribution in [0.15, 0.2) is 18.3 Å². The molecule has 0 aliphatic carbocycles. The summed E-state index contributed by atoms with van der Waals surface area (Å²) in [5.74, 6) is -1.03. The first-order chi connectivity index (χ1) is 6.34. The van der Waals surface area contributed by atoms with E-state index in [1.807, 2.05) is 0 Å². The number of alkyl halides is 3. The van der Waals surface area contributed by atoms with Crippen molar-refractivity contribution in [2.75, 3.05) is 0 Å². The Labute approximate surface area is 95.5 Å². The SMILES string of the molecule is CC(=O)n1cccc1C(=O)C(Cl)(Cl)Cl. The minimum Gasteiger partial charge on any atom is -0.288 e. The Bertz CT molecular complexity index is 378. The van der Waals surface area contributed by atoms with Gasteiger partial charge in [-0.15, -0.1) is 0 Å². The average Bonchev–Trinajstić information content (AvgIpc) is 2.48. The van der Waals surface area contributed by atoms with Crippen LogP contribution >= 0.6 is 34.8 Å². The van der Waals surface area contributed by atoms with Crippen LogP contribution in [0.5, 0.6) is 0 Å². The number of hydrogen-bond donors (Lipinski definition) is 0. The molecule has 1 rings (SSSR count). The molecular formula is C8H6Cl3NO2. The summed E-state index contributed by atoms with van der Waals surface area (Å²) >= 11 is 16.2. The molecule has 0 aliphatic rings. The first-order valence-corrected chi connectivity index (χ1v) is 4.77. The summed E-state index contributed by atoms with van der Waals surface area (Å²) in [7, 11) is 0. The van der Waals surface area contributed by atoms with Gasteiger partial charge in [0.1, 0.15) is 0 Å². The van der Waals surface area contributed by atoms with E-state index in [9.17, 15) is 9.59 Å². The molecule has 0 saturated heterocycles. The van der Waals surface area contributed by atoms with Crippen LogP contribution in [-0.2, 0) is 0 Å². The van der Waals surface area contributed by atoms with Crippen molar-refractivity contribution in [1.29, 1.82) is 0 Å². The van der Waals surface area contributed by atoms with Crippen molar-refractivity contribution < 1.29 is 9.59 Å². The molecule has 0 saturated carbocycles. The summed E-state index contributed by atoms with van der Waals surface area (Å²) in [6, 6.07) is 2.96. The molecule has 0 radical (unpaired) electrons. The van der Waals surface area contributed by atoms with Crippen molar-refractivity contribution >= 4 is 46.5 Å². The van der Waals surface area contributed by atoms with Gasteiger partial charge in [0.05, 0.1) is 5.69 Å². The molecular weight excluding hydrogens is 248 g/mol. The Kier molecular flexibility index (Phi) is 3.24. The monoisotopic (exact) mass is 253 g/mol. The lowest BCUT2D eigenvalue weighted by Crippen LogP contribution is -2.23. The molecule has 6 heteroatoms. The highest BCUT2D eigenvalue weighted by atomic mass is 35.6. The Balaban J connectivity index is 3.14. The molecule has 0 unspecified atom stereocenters. The second kappa shape index (κ2) is 3.93. The van der Waals surface area contributed by atoms with Gasteiger partial charge in [0.2, 0.25) is 11.7 Å². The summed E-state index contributed by atoms with van der Waals surface area (Å²) in [4.78, 5) is 22.5. The van der Waals surface area contributed by atoms with E-state index in [0.29, 0.717) is 0 Å². The van der Waals surface area contributed by atoms with Crippen LogP contribution in [-0.4, -0.2) is 20.1 Å². The first-order valence-electron chi connectivity index (χ1n) is 3.64. The number of aromatic nitrogens is 1. The minimum absolute atomic E-state index is 0.0671. The van der Waals surface area contributed by atoms with E-state index in [0.717, 1.165) is 4.57 Å². The largest absolute Gasteiger partial charge is 0.288 e. The van der Waals surface area contributed by atoms with E-state index in [2.05, 4.69) is 0 Å². The number of hydrogen-bond acceptors (Lipinski definition) is 2. The van der Waals surface area contributed by atoms with Gasteiger partial charge in [-0.2, -0.15) is 0 Å². The Hall–Kier alpha value is -0.510. The standard InChI is InChI=1S/C8H6Cl3NO2/c1-5(13)12-4-2-3-6(12)7(14)8(9,10)11/h2-4H,1H3. The van der Waals surface area contributed by atoms with Crippen LogP contribution in [0.2, 0.25) is 0 Å². The van der Waals surface area contributed by atoms with Crippen LogP contribution < -0.4 is 0 Å². The maximum atomic E-state index is 11.5. The van der Waals surface area contributed by atoms with Crippen LogP contribution in [0.25, 0.3) is 0 Å². The van der Waals surface area contributed by atoms with E-state index in [4.69, 9.17) is 34.8 Å². The van der Waals surface area contributed by atoms with Crippen molar-refractivity contribution in [3.05, 3.63) is 24.0 Å². The van der Waals surface area contributed by atoms with Gasteiger partial charge in [-0.3, -0.25) is 14.2 Å². The van der Waals surface area contributed by atoms with Crippen molar-refractivity contribution in [3.8, 4) is 0 Å². The number of rotatable bonds is 1. The fourth-order valence-corrected chi connectivity index (χ4v) is 1.28. The van der Waals surface area contributed by atoms with E-state index in [1.165, 1.54) is 25.3 Å². The van der Waals surface area contributed by atoms with Gasteiger partial charge in [-0.05, 0) is 12.1 Å². The fraction of sp³-hybridized carbons (Fsp3) is 0.250. The third-order valence-corrected chi connectivity index (χ3v) is 2.09. The van der Waals surface area contributed by atoms with Crippen LogP contribution in [0, 0.1) is 0 Å². The Morgan fingerprint density at radius 1 is 1.36 bits per heavy atom. The van der Waals surface area contributed by atoms with Crippen molar-refractivity contribution in [3.63, 3.8) is 0 Å². The summed E-state index contributed by atoms with van der Waals surface area (Å²) in [6.45, 7) is 1.31. The highest BCUT2D eigenvalue weighted by Gasteiger charge is 2.33. The van der Waals surface area contributed by atoms with Gasteiger partial charge in [0.25, 0.3) is 3.79 Å². The molecule has 0 spiro atoms. The predicted molar refractivity (Wildman–Crippen MR) is 55.4 cm³/mol. The molecule has 0 bridgehead atoms. The molecule has 0 atom stereocenters. The summed E-state index contributed by atoms with van der Waals surface area (Å²) in [6.07, 6.45) is 1.44. The minimum atomic E-state index is -2.04. The molecule has 0 aliphatic heterocycles. The zero-order valence-corrected chi connectivity index (χ0v) is 9.40. The highest BCUT2D eigenvalue weighted by Crippen LogP contribution is 2.30. The van der Waals surface area contributed by atoms with E-state index in [-0.39, 0.29) is 11.6 Å². The number of carbonyl (C=O) groups is 2. The summed E-state index contributed by atoms with van der Waals surface area (Å²) in [5.41, 5.74) is 0.0671. The predicted octanol–water partition coefficient (Wildman–Crippen LogP) is 2.70. The van der Waals surface area contributed by atoms with E-state index in [1.54, 1.807) is 0 Å². The van der Waals surface area contributed by atoms with Gasteiger partial charge < -0.3 is 0 Å². The van der Waals surface area contributed by atoms with Gasteiger partial charge in [0.15, 0.2) is 0 Å². The number of carbonyl (C=O) groups excluding carboxylic acids is 2. The molecule has 76 valence electrons. The number of Topliss-reactive ketones (excluding diaryl/α,β-unsaturated/α-hetero) is 1. The van der Waals surface area contributed by atoms with Crippen molar-refractivity contribution in [1.82, 2.24) is 4.57 Å². The Morgan fingerprint density at radius 2 is 1.93 bits per heavy atom. The quantitative estimate of drug-likeness (QED) is 0.571. The lowest BCUT2D eigenvalue weighted by molar-refractivity contribution is 0.0905. The van der Waals surface area contributed by atoms with Gasteiger partial charge >= 0.3 is 0 Å². The average molecular weight is 254 g/mol. The second-order valence-corrected chi connectivity index (χ2v) is 4.89. The van der Waals surface area contributed by atoms with Gasteiger partial charge in [-0.1, -0.05) is 34.8 Å². The van der Waals surface area contributed by atoms with Crippen LogP contribution in [0.4, 0.5) is 0 Å². The van der Waals surface area contributed by atoms with Crippen molar-refractivity contribution in [2.45, 2.75) is 10.7 Å². The van der Waals surface area contributed by atoms with Crippen LogP contribution in [0.3, 0.4) is 0 Å². The molecule has 0 aromatic carbocycles. The molecule has 3 nitrogen and oxygen atoms in total. The van der Waals surface area contributed by atoms with Gasteiger partial charge in [-0.25, -0.2) is 0 Å². The molecule has 0 fully saturated rings. The molecule has 14 heavy (non-hydrogen) atoms. The zero-order chi connectivity index (χ0) is 10.9. The van der Waals surface area contributed by atoms with Gasteiger partial charge in [0, 0.05) is 13.1 Å². The van der Waals surface area contributed by atoms with E-state index >= 15 is 0 Å². The number of ketones is 1. The molecule has 1 aromatic heterocycles. The smallest absolute Gasteiger partial charge is 0.255 e. The lowest BCUT2D eigenvalue weighted by atomic mass is 10.3. The highest BCUT2D eigenvalue weighted by molar-refractivity contribution is 6.77. The summed E-state index contributed by atoms with van der Waals surface area (Å²) in [5, 5.41) is 0.